The van der Waals surface area contributed by atoms with Crippen molar-refractivity contribution in [3.05, 3.63) is 49.6 Å². The maximum absolute atomic E-state index is 13.3. The van der Waals surface area contributed by atoms with Crippen molar-refractivity contribution in [3.8, 4) is 5.75 Å². The number of nitrogens with two attached hydrogens (primary N) is 1. The molecule has 0 fully saturated rings. The van der Waals surface area contributed by atoms with Crippen LogP contribution in [-0.2, 0) is 11.3 Å². The SMILES string of the molecule is CC(C)CN(C(=O)[C@@H](C)Oc1ccc(Br)cc1)c1c(N)n(CC(C)C)c(=O)[nH]c1=O. The van der Waals surface area contributed by atoms with Gasteiger partial charge in [0, 0.05) is 17.6 Å². The minimum Gasteiger partial charge on any atom is -0.481 e. The first-order chi connectivity index (χ1) is 14.0. The molecule has 0 unspecified atom stereocenters. The van der Waals surface area contributed by atoms with Crippen LogP contribution in [0.1, 0.15) is 34.6 Å². The van der Waals surface area contributed by atoms with Crippen LogP contribution in [0.15, 0.2) is 38.3 Å². The number of carbonyl (C=O) groups excluding carboxylic acids is 1. The van der Waals surface area contributed by atoms with E-state index in [-0.39, 0.29) is 29.9 Å². The van der Waals surface area contributed by atoms with Gasteiger partial charge in [-0.1, -0.05) is 43.6 Å². The topological polar surface area (TPSA) is 110 Å². The van der Waals surface area contributed by atoms with E-state index in [0.29, 0.717) is 12.3 Å². The van der Waals surface area contributed by atoms with Gasteiger partial charge in [0.2, 0.25) is 0 Å². The van der Waals surface area contributed by atoms with Crippen LogP contribution >= 0.6 is 15.9 Å². The van der Waals surface area contributed by atoms with Gasteiger partial charge >= 0.3 is 5.69 Å². The molecule has 1 heterocycles. The Kier molecular flexibility index (Phi) is 7.89. The van der Waals surface area contributed by atoms with Crippen LogP contribution in [0.3, 0.4) is 0 Å². The number of hydrogen-bond donors (Lipinski definition) is 2. The highest BCUT2D eigenvalue weighted by molar-refractivity contribution is 9.10. The van der Waals surface area contributed by atoms with Crippen molar-refractivity contribution in [2.75, 3.05) is 17.2 Å². The Hall–Kier alpha value is -2.55. The number of nitrogens with one attached hydrogen (secondary N) is 1. The van der Waals surface area contributed by atoms with Gasteiger partial charge in [-0.2, -0.15) is 0 Å². The number of H-pyrrole nitrogens is 1. The second-order valence-electron chi connectivity index (χ2n) is 8.05. The molecule has 2 rings (SSSR count). The molecule has 0 bridgehead atoms. The Balaban J connectivity index is 2.46. The van der Waals surface area contributed by atoms with Gasteiger partial charge in [-0.15, -0.1) is 0 Å². The number of rotatable bonds is 8. The number of nitrogens with zero attached hydrogens (tertiary/aromatic N) is 2. The van der Waals surface area contributed by atoms with Gasteiger partial charge in [0.15, 0.2) is 11.8 Å². The smallest absolute Gasteiger partial charge is 0.330 e. The van der Waals surface area contributed by atoms with E-state index in [0.717, 1.165) is 4.47 Å². The molecule has 0 radical (unpaired) electrons. The minimum absolute atomic E-state index is 0.0257. The van der Waals surface area contributed by atoms with Gasteiger partial charge in [-0.05, 0) is 43.0 Å². The van der Waals surface area contributed by atoms with Gasteiger partial charge in [0.05, 0.1) is 0 Å². The van der Waals surface area contributed by atoms with Crippen LogP contribution in [0.5, 0.6) is 5.75 Å². The highest BCUT2D eigenvalue weighted by Crippen LogP contribution is 2.22. The van der Waals surface area contributed by atoms with Crippen LogP contribution in [0.2, 0.25) is 0 Å². The van der Waals surface area contributed by atoms with Crippen molar-refractivity contribution in [1.29, 1.82) is 0 Å². The van der Waals surface area contributed by atoms with Crippen LogP contribution in [0.25, 0.3) is 0 Å². The minimum atomic E-state index is -0.866. The van der Waals surface area contributed by atoms with Gasteiger partial charge < -0.3 is 15.4 Å². The number of anilines is 2. The Bertz CT molecular complexity index is 996. The van der Waals surface area contributed by atoms with E-state index in [1.165, 1.54) is 9.47 Å². The molecule has 0 aliphatic heterocycles. The number of benzene rings is 1. The summed E-state index contributed by atoms with van der Waals surface area (Å²) < 4.78 is 7.96. The van der Waals surface area contributed by atoms with Gasteiger partial charge in [-0.3, -0.25) is 19.1 Å². The van der Waals surface area contributed by atoms with E-state index < -0.39 is 23.3 Å². The molecular weight excluding hydrogens is 452 g/mol. The first-order valence-electron chi connectivity index (χ1n) is 9.87. The third kappa shape index (κ3) is 5.75. The molecule has 9 heteroatoms. The summed E-state index contributed by atoms with van der Waals surface area (Å²) in [4.78, 5) is 41.8. The number of amides is 1. The molecule has 0 aliphatic rings. The third-order valence-electron chi connectivity index (χ3n) is 4.32. The first-order valence-corrected chi connectivity index (χ1v) is 10.7. The average molecular weight is 481 g/mol. The molecule has 0 saturated heterocycles. The molecule has 164 valence electrons. The summed E-state index contributed by atoms with van der Waals surface area (Å²) in [6.45, 7) is 9.91. The molecule has 1 aromatic heterocycles. The fourth-order valence-electron chi connectivity index (χ4n) is 3.03. The molecule has 1 amide bonds. The summed E-state index contributed by atoms with van der Waals surface area (Å²) in [7, 11) is 0. The number of carbonyl (C=O) groups is 1. The Morgan fingerprint density at radius 2 is 1.73 bits per heavy atom. The summed E-state index contributed by atoms with van der Waals surface area (Å²) in [5, 5.41) is 0. The predicted molar refractivity (Wildman–Crippen MR) is 122 cm³/mol. The van der Waals surface area contributed by atoms with Crippen molar-refractivity contribution >= 4 is 33.3 Å². The molecule has 3 N–H and O–H groups in total. The lowest BCUT2D eigenvalue weighted by atomic mass is 10.1. The van der Waals surface area contributed by atoms with Crippen LogP contribution in [-0.4, -0.2) is 28.1 Å². The van der Waals surface area contributed by atoms with Crippen molar-refractivity contribution in [3.63, 3.8) is 0 Å². The van der Waals surface area contributed by atoms with E-state index in [9.17, 15) is 14.4 Å². The summed E-state index contributed by atoms with van der Waals surface area (Å²) in [5.41, 5.74) is 4.91. The van der Waals surface area contributed by atoms with Crippen molar-refractivity contribution in [1.82, 2.24) is 9.55 Å². The highest BCUT2D eigenvalue weighted by atomic mass is 79.9. The van der Waals surface area contributed by atoms with Crippen LogP contribution < -0.4 is 26.6 Å². The summed E-state index contributed by atoms with van der Waals surface area (Å²) in [5.74, 6) is 0.256. The lowest BCUT2D eigenvalue weighted by Gasteiger charge is -2.28. The summed E-state index contributed by atoms with van der Waals surface area (Å²) in [6.07, 6.45) is -0.866. The number of halogens is 1. The van der Waals surface area contributed by atoms with E-state index in [1.807, 2.05) is 39.8 Å². The van der Waals surface area contributed by atoms with Gasteiger partial charge in [-0.25, -0.2) is 4.79 Å². The summed E-state index contributed by atoms with van der Waals surface area (Å²) >= 11 is 3.36. The highest BCUT2D eigenvalue weighted by Gasteiger charge is 2.29. The molecule has 30 heavy (non-hydrogen) atoms. The quantitative estimate of drug-likeness (QED) is 0.603. The largest absolute Gasteiger partial charge is 0.481 e. The normalized spacial score (nSPS) is 12.3. The van der Waals surface area contributed by atoms with Gasteiger partial charge in [0.1, 0.15) is 11.6 Å². The number of aromatic nitrogens is 2. The van der Waals surface area contributed by atoms with Crippen molar-refractivity contribution in [2.45, 2.75) is 47.3 Å². The number of aromatic amines is 1. The maximum atomic E-state index is 13.3. The van der Waals surface area contributed by atoms with E-state index in [4.69, 9.17) is 10.5 Å². The predicted octanol–water partition coefficient (Wildman–Crippen LogP) is 2.99. The summed E-state index contributed by atoms with van der Waals surface area (Å²) in [6, 6.07) is 7.10. The average Bonchev–Trinajstić information content (AvgIpc) is 2.65. The molecule has 0 spiro atoms. The number of nitrogen functional groups attached to an aromatic ring is 1. The number of hydrogen-bond acceptors (Lipinski definition) is 5. The van der Waals surface area contributed by atoms with E-state index in [1.54, 1.807) is 19.1 Å². The monoisotopic (exact) mass is 480 g/mol. The van der Waals surface area contributed by atoms with E-state index in [2.05, 4.69) is 20.9 Å². The first kappa shape index (κ1) is 23.7. The Morgan fingerprint density at radius 3 is 2.27 bits per heavy atom. The Morgan fingerprint density at radius 1 is 1.13 bits per heavy atom. The second kappa shape index (κ2) is 9.97. The zero-order valence-electron chi connectivity index (χ0n) is 17.9. The molecule has 1 atom stereocenters. The molecule has 8 nitrogen and oxygen atoms in total. The Labute approximate surface area is 184 Å². The van der Waals surface area contributed by atoms with Crippen molar-refractivity contribution < 1.29 is 9.53 Å². The van der Waals surface area contributed by atoms with Crippen LogP contribution in [0, 0.1) is 11.8 Å². The van der Waals surface area contributed by atoms with Gasteiger partial charge in [0.25, 0.3) is 11.5 Å². The van der Waals surface area contributed by atoms with Crippen molar-refractivity contribution in [2.24, 2.45) is 11.8 Å². The molecular formula is C21H29BrN4O4. The fourth-order valence-corrected chi connectivity index (χ4v) is 3.29. The zero-order chi connectivity index (χ0) is 22.6. The standard InChI is InChI=1S/C21H29BrN4O4/c1-12(2)10-25(20(28)14(5)30-16-8-6-15(22)7-9-16)17-18(23)26(11-13(3)4)21(29)24-19(17)27/h6-9,12-14H,10-11,23H2,1-5H3,(H,24,27,29)/t14-/m1/s1. The maximum Gasteiger partial charge on any atom is 0.330 e. The molecule has 1 aromatic carbocycles. The lowest BCUT2D eigenvalue weighted by Crippen LogP contribution is -2.47. The zero-order valence-corrected chi connectivity index (χ0v) is 19.5. The second-order valence-corrected chi connectivity index (χ2v) is 8.97. The third-order valence-corrected chi connectivity index (χ3v) is 4.85. The molecule has 0 saturated carbocycles. The van der Waals surface area contributed by atoms with Crippen LogP contribution in [0.4, 0.5) is 11.5 Å². The van der Waals surface area contributed by atoms with E-state index >= 15 is 0 Å². The lowest BCUT2D eigenvalue weighted by molar-refractivity contribution is -0.124. The number of ether oxygens (including phenoxy) is 1. The molecule has 0 aliphatic carbocycles. The fraction of sp³-hybridized carbons (Fsp3) is 0.476. The molecule has 2 aromatic rings.